The molecule has 7 heteroatoms. The van der Waals surface area contributed by atoms with Gasteiger partial charge in [0.1, 0.15) is 0 Å². The molecular weight excluding hydrogens is 432 g/mol. The molecule has 0 saturated carbocycles. The number of rotatable bonds is 7. The van der Waals surface area contributed by atoms with E-state index in [1.54, 1.807) is 31.3 Å². The molecular formula is C26H26N4O2S. The van der Waals surface area contributed by atoms with Crippen LogP contribution in [-0.4, -0.2) is 28.6 Å². The first-order chi connectivity index (χ1) is 16.0. The van der Waals surface area contributed by atoms with Crippen LogP contribution in [0, 0.1) is 13.8 Å². The van der Waals surface area contributed by atoms with Crippen LogP contribution in [0.2, 0.25) is 0 Å². The third-order valence-corrected chi connectivity index (χ3v) is 6.54. The average Bonchev–Trinajstić information content (AvgIpc) is 3.46. The van der Waals surface area contributed by atoms with Crippen LogP contribution in [0.4, 0.5) is 5.69 Å². The summed E-state index contributed by atoms with van der Waals surface area (Å²) >= 11 is 1.38. The number of thiophene rings is 1. The van der Waals surface area contributed by atoms with Crippen LogP contribution < -0.4 is 10.2 Å². The fourth-order valence-corrected chi connectivity index (χ4v) is 4.50. The molecule has 2 amide bonds. The number of nitrogens with one attached hydrogen (secondary N) is 1. The zero-order valence-electron chi connectivity index (χ0n) is 18.9. The second-order valence-electron chi connectivity index (χ2n) is 7.83. The fourth-order valence-electron chi connectivity index (χ4n) is 3.80. The topological polar surface area (TPSA) is 67.2 Å². The quantitative estimate of drug-likeness (QED) is 0.432. The van der Waals surface area contributed by atoms with Crippen LogP contribution in [0.25, 0.3) is 0 Å². The number of carbonyl (C=O) groups excluding carboxylic acids is 2. The lowest BCUT2D eigenvalue weighted by Crippen LogP contribution is -2.30. The minimum atomic E-state index is -0.231. The van der Waals surface area contributed by atoms with Crippen LogP contribution in [0.15, 0.2) is 72.1 Å². The van der Waals surface area contributed by atoms with Crippen LogP contribution in [-0.2, 0) is 13.1 Å². The van der Waals surface area contributed by atoms with Crippen molar-refractivity contribution in [1.29, 1.82) is 0 Å². The first-order valence-electron chi connectivity index (χ1n) is 10.7. The van der Waals surface area contributed by atoms with Gasteiger partial charge in [-0.2, -0.15) is 5.10 Å². The second kappa shape index (κ2) is 9.83. The molecule has 1 N–H and O–H groups in total. The third kappa shape index (κ3) is 4.88. The first-order valence-corrected chi connectivity index (χ1v) is 11.6. The summed E-state index contributed by atoms with van der Waals surface area (Å²) in [5.41, 5.74) is 5.11. The lowest BCUT2D eigenvalue weighted by atomic mass is 10.1. The molecule has 2 aromatic carbocycles. The Bertz CT molecular complexity index is 1260. The van der Waals surface area contributed by atoms with Crippen molar-refractivity contribution in [2.24, 2.45) is 0 Å². The number of para-hydroxylation sites is 1. The predicted molar refractivity (Wildman–Crippen MR) is 132 cm³/mol. The van der Waals surface area contributed by atoms with Crippen LogP contribution in [0.5, 0.6) is 0 Å². The maximum Gasteiger partial charge on any atom is 0.268 e. The molecule has 33 heavy (non-hydrogen) atoms. The summed E-state index contributed by atoms with van der Waals surface area (Å²) in [6.07, 6.45) is 0. The smallest absolute Gasteiger partial charge is 0.268 e. The van der Waals surface area contributed by atoms with Gasteiger partial charge in [0.15, 0.2) is 0 Å². The first kappa shape index (κ1) is 22.5. The number of hydrogen-bond donors (Lipinski definition) is 1. The largest absolute Gasteiger partial charge is 0.348 e. The fraction of sp³-hybridized carbons (Fsp3) is 0.192. The molecule has 0 aliphatic rings. The van der Waals surface area contributed by atoms with E-state index in [1.165, 1.54) is 21.8 Å². The van der Waals surface area contributed by atoms with Gasteiger partial charge in [-0.25, -0.2) is 0 Å². The molecule has 4 rings (SSSR count). The standard InChI is InChI=1S/C26H26N4O2S/c1-18-22(19(2)30(28-18)17-20-10-5-4-6-11-20)16-27-25(31)21-12-7-8-13-23(21)29(3)26(32)24-14-9-15-33-24/h4-15H,16-17H2,1-3H3,(H,27,31). The lowest BCUT2D eigenvalue weighted by molar-refractivity contribution is 0.0951. The molecule has 0 radical (unpaired) electrons. The Kier molecular flexibility index (Phi) is 6.70. The summed E-state index contributed by atoms with van der Waals surface area (Å²) in [5.74, 6) is -0.370. The minimum absolute atomic E-state index is 0.140. The second-order valence-corrected chi connectivity index (χ2v) is 8.78. The molecule has 2 aromatic heterocycles. The molecule has 0 bridgehead atoms. The van der Waals surface area contributed by atoms with E-state index in [-0.39, 0.29) is 11.8 Å². The normalized spacial score (nSPS) is 10.8. The number of aryl methyl sites for hydroxylation is 1. The summed E-state index contributed by atoms with van der Waals surface area (Å²) in [4.78, 5) is 28.0. The van der Waals surface area contributed by atoms with E-state index in [9.17, 15) is 9.59 Å². The maximum atomic E-state index is 13.1. The van der Waals surface area contributed by atoms with Gasteiger partial charge in [0.2, 0.25) is 0 Å². The summed E-state index contributed by atoms with van der Waals surface area (Å²) in [6, 6.07) is 20.9. The SMILES string of the molecule is Cc1nn(Cc2ccccc2)c(C)c1CNC(=O)c1ccccc1N(C)C(=O)c1cccs1. The van der Waals surface area contributed by atoms with E-state index >= 15 is 0 Å². The Labute approximate surface area is 197 Å². The zero-order chi connectivity index (χ0) is 23.4. The van der Waals surface area contributed by atoms with Gasteiger partial charge in [-0.05, 0) is 43.0 Å². The molecule has 0 fully saturated rings. The van der Waals surface area contributed by atoms with E-state index in [1.807, 2.05) is 54.2 Å². The molecule has 0 saturated heterocycles. The van der Waals surface area contributed by atoms with E-state index < -0.39 is 0 Å². The number of benzene rings is 2. The minimum Gasteiger partial charge on any atom is -0.348 e. The molecule has 0 aliphatic carbocycles. The summed E-state index contributed by atoms with van der Waals surface area (Å²) in [7, 11) is 1.69. The van der Waals surface area contributed by atoms with E-state index in [0.717, 1.165) is 17.0 Å². The highest BCUT2D eigenvalue weighted by atomic mass is 32.1. The molecule has 0 unspecified atom stereocenters. The Morgan fingerprint density at radius 2 is 1.73 bits per heavy atom. The number of hydrogen-bond acceptors (Lipinski definition) is 4. The Morgan fingerprint density at radius 3 is 2.45 bits per heavy atom. The van der Waals surface area contributed by atoms with Gasteiger partial charge in [-0.1, -0.05) is 48.5 Å². The van der Waals surface area contributed by atoms with E-state index in [4.69, 9.17) is 0 Å². The van der Waals surface area contributed by atoms with Gasteiger partial charge in [-0.15, -0.1) is 11.3 Å². The summed E-state index contributed by atoms with van der Waals surface area (Å²) in [6.45, 7) is 5.02. The van der Waals surface area contributed by atoms with Crippen molar-refractivity contribution < 1.29 is 9.59 Å². The summed E-state index contributed by atoms with van der Waals surface area (Å²) < 4.78 is 1.97. The molecule has 0 spiro atoms. The van der Waals surface area contributed by atoms with E-state index in [0.29, 0.717) is 29.2 Å². The molecule has 4 aromatic rings. The lowest BCUT2D eigenvalue weighted by Gasteiger charge is -2.20. The average molecular weight is 459 g/mol. The van der Waals surface area contributed by atoms with E-state index in [2.05, 4.69) is 22.5 Å². The number of aromatic nitrogens is 2. The number of carbonyl (C=O) groups is 2. The van der Waals surface area contributed by atoms with Crippen molar-refractivity contribution in [2.75, 3.05) is 11.9 Å². The van der Waals surface area contributed by atoms with Gasteiger partial charge in [0, 0.05) is 24.8 Å². The highest BCUT2D eigenvalue weighted by Gasteiger charge is 2.21. The third-order valence-electron chi connectivity index (χ3n) is 5.68. The predicted octanol–water partition coefficient (Wildman–Crippen LogP) is 4.82. The van der Waals surface area contributed by atoms with Crippen LogP contribution >= 0.6 is 11.3 Å². The Hall–Kier alpha value is -3.71. The molecule has 0 atom stereocenters. The number of nitrogens with zero attached hydrogens (tertiary/aromatic N) is 3. The van der Waals surface area contributed by atoms with Gasteiger partial charge >= 0.3 is 0 Å². The van der Waals surface area contributed by atoms with Crippen molar-refractivity contribution in [1.82, 2.24) is 15.1 Å². The molecule has 2 heterocycles. The van der Waals surface area contributed by atoms with Crippen molar-refractivity contribution >= 4 is 28.8 Å². The van der Waals surface area contributed by atoms with Gasteiger partial charge in [0.05, 0.1) is 28.4 Å². The van der Waals surface area contributed by atoms with Crippen LogP contribution in [0.3, 0.4) is 0 Å². The van der Waals surface area contributed by atoms with Crippen molar-refractivity contribution in [3.05, 3.63) is 105 Å². The van der Waals surface area contributed by atoms with Crippen LogP contribution in [0.1, 0.15) is 42.5 Å². The Balaban J connectivity index is 1.49. The zero-order valence-corrected chi connectivity index (χ0v) is 19.7. The van der Waals surface area contributed by atoms with Crippen molar-refractivity contribution in [3.8, 4) is 0 Å². The number of anilines is 1. The Morgan fingerprint density at radius 1 is 1.00 bits per heavy atom. The molecule has 168 valence electrons. The molecule has 0 aliphatic heterocycles. The maximum absolute atomic E-state index is 13.1. The van der Waals surface area contributed by atoms with Crippen molar-refractivity contribution in [2.45, 2.75) is 26.9 Å². The summed E-state index contributed by atoms with van der Waals surface area (Å²) in [5, 5.41) is 9.55. The molecule has 6 nitrogen and oxygen atoms in total. The highest BCUT2D eigenvalue weighted by molar-refractivity contribution is 7.12. The highest BCUT2D eigenvalue weighted by Crippen LogP contribution is 2.23. The monoisotopic (exact) mass is 458 g/mol. The number of amides is 2. The van der Waals surface area contributed by atoms with Gasteiger partial charge < -0.3 is 10.2 Å². The van der Waals surface area contributed by atoms with Crippen molar-refractivity contribution in [3.63, 3.8) is 0 Å². The van der Waals surface area contributed by atoms with Gasteiger partial charge in [-0.3, -0.25) is 14.3 Å². The van der Waals surface area contributed by atoms with Gasteiger partial charge in [0.25, 0.3) is 11.8 Å².